The van der Waals surface area contributed by atoms with E-state index in [1.54, 1.807) is 18.2 Å². The van der Waals surface area contributed by atoms with Crippen molar-refractivity contribution in [3.63, 3.8) is 0 Å². The van der Waals surface area contributed by atoms with Gasteiger partial charge in [-0.25, -0.2) is 8.78 Å². The van der Waals surface area contributed by atoms with E-state index in [0.717, 1.165) is 4.47 Å². The normalized spacial score (nSPS) is 11.8. The van der Waals surface area contributed by atoms with Gasteiger partial charge in [0.1, 0.15) is 12.4 Å². The molecule has 0 heterocycles. The van der Waals surface area contributed by atoms with Crippen molar-refractivity contribution in [1.82, 2.24) is 0 Å². The summed E-state index contributed by atoms with van der Waals surface area (Å²) < 4.78 is 31.0. The van der Waals surface area contributed by atoms with E-state index in [1.165, 1.54) is 6.92 Å². The predicted molar refractivity (Wildman–Crippen MR) is 75.0 cm³/mol. The summed E-state index contributed by atoms with van der Waals surface area (Å²) in [7, 11) is 0. The molecule has 0 spiro atoms. The molecule has 19 heavy (non-hydrogen) atoms. The van der Waals surface area contributed by atoms with E-state index in [9.17, 15) is 8.78 Å². The zero-order valence-corrected chi connectivity index (χ0v) is 12.0. The molecule has 0 radical (unpaired) electrons. The van der Waals surface area contributed by atoms with E-state index in [-0.39, 0.29) is 24.7 Å². The van der Waals surface area contributed by atoms with Gasteiger partial charge >= 0.3 is 0 Å². The molecule has 1 rings (SSSR count). The van der Waals surface area contributed by atoms with Crippen molar-refractivity contribution in [3.05, 3.63) is 34.8 Å². The third-order valence-electron chi connectivity index (χ3n) is 2.24. The summed E-state index contributed by atoms with van der Waals surface area (Å²) >= 11 is 3.29. The molecule has 0 atom stereocenters. The first-order chi connectivity index (χ1) is 8.95. The zero-order chi connectivity index (χ0) is 14.4. The van der Waals surface area contributed by atoms with Crippen molar-refractivity contribution in [2.45, 2.75) is 13.3 Å². The molecular formula is C13H14BrF2NO2. The molecule has 0 aromatic heterocycles. The molecule has 0 aliphatic heterocycles. The average molecular weight is 334 g/mol. The molecule has 0 fully saturated rings. The van der Waals surface area contributed by atoms with Crippen LogP contribution in [0.15, 0.2) is 34.2 Å². The van der Waals surface area contributed by atoms with Crippen molar-refractivity contribution >= 4 is 33.1 Å². The summed E-state index contributed by atoms with van der Waals surface area (Å²) in [5.41, 5.74) is 0.574. The predicted octanol–water partition coefficient (Wildman–Crippen LogP) is 3.79. The smallest absolute Gasteiger partial charge is 0.276 e. The fourth-order valence-corrected chi connectivity index (χ4v) is 1.68. The Balaban J connectivity index is 3.11. The summed E-state index contributed by atoms with van der Waals surface area (Å²) in [4.78, 5) is 3.87. The van der Waals surface area contributed by atoms with Crippen molar-refractivity contribution in [2.75, 3.05) is 13.2 Å². The molecule has 0 amide bonds. The fourth-order valence-electron chi connectivity index (χ4n) is 1.31. The Bertz CT molecular complexity index is 490. The van der Waals surface area contributed by atoms with Gasteiger partial charge in [0, 0.05) is 10.0 Å². The number of halogens is 3. The highest BCUT2D eigenvalue weighted by Gasteiger charge is 2.11. The van der Waals surface area contributed by atoms with Crippen molar-refractivity contribution in [3.8, 4) is 0 Å². The first-order valence-corrected chi connectivity index (χ1v) is 6.30. The Hall–Kier alpha value is -1.27. The zero-order valence-electron chi connectivity index (χ0n) is 10.4. The van der Waals surface area contributed by atoms with Gasteiger partial charge in [-0.05, 0) is 25.1 Å². The van der Waals surface area contributed by atoms with Crippen molar-refractivity contribution < 1.29 is 18.6 Å². The minimum Gasteiger partial charge on any atom is -0.491 e. The molecule has 0 unspecified atom stereocenters. The van der Waals surface area contributed by atoms with E-state index in [1.807, 2.05) is 0 Å². The van der Waals surface area contributed by atoms with Crippen LogP contribution in [0.2, 0.25) is 0 Å². The lowest BCUT2D eigenvalue weighted by Crippen LogP contribution is -2.04. The molecule has 1 aromatic rings. The summed E-state index contributed by atoms with van der Waals surface area (Å²) in [6, 6.07) is 4.97. The average Bonchev–Trinajstić information content (AvgIpc) is 2.37. The molecule has 1 N–H and O–H groups in total. The van der Waals surface area contributed by atoms with Crippen LogP contribution in [0.25, 0.3) is 5.76 Å². The lowest BCUT2D eigenvalue weighted by molar-refractivity contribution is 0.181. The van der Waals surface area contributed by atoms with Crippen molar-refractivity contribution in [1.29, 1.82) is 0 Å². The van der Waals surface area contributed by atoms with E-state index in [0.29, 0.717) is 11.3 Å². The number of aliphatic imine (C=N–C) groups is 1. The molecule has 0 saturated heterocycles. The molecule has 0 saturated carbocycles. The quantitative estimate of drug-likeness (QED) is 0.635. The monoisotopic (exact) mass is 333 g/mol. The molecule has 3 nitrogen and oxygen atoms in total. The number of benzene rings is 1. The van der Waals surface area contributed by atoms with E-state index in [4.69, 9.17) is 9.84 Å². The van der Waals surface area contributed by atoms with E-state index >= 15 is 0 Å². The number of hydrogen-bond donors (Lipinski definition) is 1. The van der Waals surface area contributed by atoms with Crippen LogP contribution in [-0.4, -0.2) is 30.5 Å². The van der Waals surface area contributed by atoms with E-state index in [2.05, 4.69) is 27.5 Å². The Morgan fingerprint density at radius 1 is 1.53 bits per heavy atom. The number of nitrogens with zero attached hydrogens (tertiary/aromatic N) is 1. The molecule has 6 heteroatoms. The third kappa shape index (κ3) is 4.72. The first kappa shape index (κ1) is 15.8. The van der Waals surface area contributed by atoms with Gasteiger partial charge in [0.25, 0.3) is 6.43 Å². The summed E-state index contributed by atoms with van der Waals surface area (Å²) in [6.45, 7) is 4.90. The first-order valence-electron chi connectivity index (χ1n) is 5.51. The minimum absolute atomic E-state index is 0.0856. The number of rotatable bonds is 6. The van der Waals surface area contributed by atoms with Gasteiger partial charge in [0.2, 0.25) is 0 Å². The SMILES string of the molecule is C=C(OCCO)c1cc(Br)ccc1/N=C(\C)C(F)F. The second kappa shape index (κ2) is 7.35. The minimum atomic E-state index is -2.61. The van der Waals surface area contributed by atoms with E-state index < -0.39 is 6.43 Å². The van der Waals surface area contributed by atoms with Crippen LogP contribution in [0.4, 0.5) is 14.5 Å². The second-order valence-electron chi connectivity index (χ2n) is 3.71. The third-order valence-corrected chi connectivity index (χ3v) is 2.73. The standard InChI is InChI=1S/C13H14BrF2NO2/c1-8(13(15)16)17-12-4-3-10(14)7-11(12)9(2)19-6-5-18/h3-4,7,13,18H,2,5-6H2,1H3/b17-8+. The van der Waals surface area contributed by atoms with Gasteiger partial charge < -0.3 is 9.84 Å². The van der Waals surface area contributed by atoms with Crippen LogP contribution >= 0.6 is 15.9 Å². The van der Waals surface area contributed by atoms with Crippen LogP contribution in [0.5, 0.6) is 0 Å². The number of hydrogen-bond acceptors (Lipinski definition) is 3. The van der Waals surface area contributed by atoms with Crippen LogP contribution in [0.3, 0.4) is 0 Å². The summed E-state index contributed by atoms with van der Waals surface area (Å²) in [5, 5.41) is 8.70. The van der Waals surface area contributed by atoms with Crippen LogP contribution < -0.4 is 0 Å². The van der Waals surface area contributed by atoms with Crippen LogP contribution in [0, 0.1) is 0 Å². The summed E-state index contributed by atoms with van der Waals surface area (Å²) in [5.74, 6) is 0.274. The highest BCUT2D eigenvalue weighted by molar-refractivity contribution is 9.10. The topological polar surface area (TPSA) is 41.8 Å². The maximum atomic E-state index is 12.5. The molecule has 0 aliphatic rings. The number of aliphatic hydroxyl groups excluding tert-OH is 1. The number of ether oxygens (including phenoxy) is 1. The molecule has 1 aromatic carbocycles. The maximum absolute atomic E-state index is 12.5. The highest BCUT2D eigenvalue weighted by atomic mass is 79.9. The number of alkyl halides is 2. The van der Waals surface area contributed by atoms with Gasteiger partial charge in [-0.2, -0.15) is 0 Å². The maximum Gasteiger partial charge on any atom is 0.276 e. The largest absolute Gasteiger partial charge is 0.491 e. The lowest BCUT2D eigenvalue weighted by Gasteiger charge is -2.11. The van der Waals surface area contributed by atoms with Crippen molar-refractivity contribution in [2.24, 2.45) is 4.99 Å². The van der Waals surface area contributed by atoms with Gasteiger partial charge in [0.15, 0.2) is 0 Å². The molecule has 0 bridgehead atoms. The molecular weight excluding hydrogens is 320 g/mol. The lowest BCUT2D eigenvalue weighted by atomic mass is 10.1. The summed E-state index contributed by atoms with van der Waals surface area (Å²) in [6.07, 6.45) is -2.61. The molecule has 104 valence electrons. The van der Waals surface area contributed by atoms with Crippen LogP contribution in [-0.2, 0) is 4.74 Å². The van der Waals surface area contributed by atoms with Gasteiger partial charge in [-0.15, -0.1) is 0 Å². The highest BCUT2D eigenvalue weighted by Crippen LogP contribution is 2.30. The molecule has 0 aliphatic carbocycles. The fraction of sp³-hybridized carbons (Fsp3) is 0.308. The number of aliphatic hydroxyl groups is 1. The Kier molecular flexibility index (Phi) is 6.11. The van der Waals surface area contributed by atoms with Gasteiger partial charge in [-0.3, -0.25) is 4.99 Å². The second-order valence-corrected chi connectivity index (χ2v) is 4.63. The van der Waals surface area contributed by atoms with Crippen LogP contribution in [0.1, 0.15) is 12.5 Å². The Morgan fingerprint density at radius 2 is 2.21 bits per heavy atom. The van der Waals surface area contributed by atoms with Gasteiger partial charge in [-0.1, -0.05) is 22.5 Å². The van der Waals surface area contributed by atoms with Gasteiger partial charge in [0.05, 0.1) is 18.0 Å². The Labute approximate surface area is 118 Å². The Morgan fingerprint density at radius 3 is 2.79 bits per heavy atom.